The molecular weight excluding hydrogens is 276 g/mol. The van der Waals surface area contributed by atoms with Gasteiger partial charge in [0.2, 0.25) is 5.91 Å². The van der Waals surface area contributed by atoms with Crippen molar-refractivity contribution < 1.29 is 4.79 Å². The lowest BCUT2D eigenvalue weighted by molar-refractivity contribution is -0.117. The molecular formula is C14H17ClN4O. The van der Waals surface area contributed by atoms with Gasteiger partial charge in [0.05, 0.1) is 22.7 Å². The Kier molecular flexibility index (Phi) is 4.17. The van der Waals surface area contributed by atoms with Gasteiger partial charge in [-0.3, -0.25) is 4.79 Å². The molecule has 1 aliphatic rings. The fourth-order valence-electron chi connectivity index (χ4n) is 2.40. The molecule has 0 spiro atoms. The van der Waals surface area contributed by atoms with E-state index in [1.807, 2.05) is 24.9 Å². The van der Waals surface area contributed by atoms with Crippen LogP contribution < -0.4 is 15.5 Å². The van der Waals surface area contributed by atoms with E-state index in [0.29, 0.717) is 11.6 Å². The van der Waals surface area contributed by atoms with Crippen molar-refractivity contribution in [2.24, 2.45) is 5.92 Å². The molecule has 1 aliphatic heterocycles. The molecule has 1 aromatic rings. The average molecular weight is 293 g/mol. The first-order valence-electron chi connectivity index (χ1n) is 6.40. The number of anilines is 2. The van der Waals surface area contributed by atoms with E-state index in [1.54, 1.807) is 13.1 Å². The van der Waals surface area contributed by atoms with Crippen LogP contribution in [0.1, 0.15) is 18.5 Å². The fourth-order valence-corrected chi connectivity index (χ4v) is 2.72. The van der Waals surface area contributed by atoms with Gasteiger partial charge in [0, 0.05) is 24.8 Å². The summed E-state index contributed by atoms with van der Waals surface area (Å²) in [5.74, 6) is -0.173. The number of hydrogen-bond donors (Lipinski definition) is 2. The summed E-state index contributed by atoms with van der Waals surface area (Å²) in [7, 11) is 3.62. The van der Waals surface area contributed by atoms with Gasteiger partial charge in [0.25, 0.3) is 0 Å². The van der Waals surface area contributed by atoms with Crippen LogP contribution in [0.25, 0.3) is 0 Å². The van der Waals surface area contributed by atoms with E-state index in [-0.39, 0.29) is 17.9 Å². The van der Waals surface area contributed by atoms with Crippen LogP contribution in [0.2, 0.25) is 5.02 Å². The van der Waals surface area contributed by atoms with Crippen LogP contribution in [0.3, 0.4) is 0 Å². The highest BCUT2D eigenvalue weighted by Crippen LogP contribution is 2.38. The van der Waals surface area contributed by atoms with Crippen molar-refractivity contribution in [2.75, 3.05) is 30.9 Å². The lowest BCUT2D eigenvalue weighted by atomic mass is 10.1. The Morgan fingerprint density at radius 3 is 2.90 bits per heavy atom. The van der Waals surface area contributed by atoms with Gasteiger partial charge in [-0.25, -0.2) is 0 Å². The quantitative estimate of drug-likeness (QED) is 0.892. The standard InChI is InChI=1S/C14H17ClN4O/c1-8(6-16)7-19(3)12-5-11-9(4-10(12)15)13(17-2)14(20)18-11/h4-5,8,13,17H,7H2,1-3H3,(H,18,20). The Bertz CT molecular complexity index is 581. The molecule has 2 N–H and O–H groups in total. The number of rotatable bonds is 4. The van der Waals surface area contributed by atoms with Gasteiger partial charge in [-0.05, 0) is 26.1 Å². The molecule has 2 unspecified atom stereocenters. The third-order valence-electron chi connectivity index (χ3n) is 3.42. The summed E-state index contributed by atoms with van der Waals surface area (Å²) in [6.07, 6.45) is 0. The molecule has 0 aromatic heterocycles. The molecule has 106 valence electrons. The van der Waals surface area contributed by atoms with Gasteiger partial charge in [-0.1, -0.05) is 11.6 Å². The number of hydrogen-bond acceptors (Lipinski definition) is 4. The number of carbonyl (C=O) groups is 1. The first kappa shape index (κ1) is 14.6. The highest BCUT2D eigenvalue weighted by Gasteiger charge is 2.30. The molecule has 5 nitrogen and oxygen atoms in total. The molecule has 0 radical (unpaired) electrons. The zero-order valence-electron chi connectivity index (χ0n) is 11.7. The highest BCUT2D eigenvalue weighted by atomic mass is 35.5. The second-order valence-electron chi connectivity index (χ2n) is 5.01. The van der Waals surface area contributed by atoms with Crippen LogP contribution in [0.5, 0.6) is 0 Å². The molecule has 6 heteroatoms. The average Bonchev–Trinajstić information content (AvgIpc) is 2.71. The van der Waals surface area contributed by atoms with Crippen molar-refractivity contribution >= 4 is 28.9 Å². The van der Waals surface area contributed by atoms with Gasteiger partial charge in [-0.15, -0.1) is 0 Å². The van der Waals surface area contributed by atoms with Crippen LogP contribution in [0, 0.1) is 17.2 Å². The molecule has 1 amide bonds. The van der Waals surface area contributed by atoms with Crippen molar-refractivity contribution in [1.82, 2.24) is 5.32 Å². The van der Waals surface area contributed by atoms with Crippen LogP contribution in [0.4, 0.5) is 11.4 Å². The van der Waals surface area contributed by atoms with Crippen molar-refractivity contribution in [3.05, 3.63) is 22.7 Å². The van der Waals surface area contributed by atoms with E-state index in [1.165, 1.54) is 0 Å². The second-order valence-corrected chi connectivity index (χ2v) is 5.42. The zero-order chi connectivity index (χ0) is 14.9. The predicted molar refractivity (Wildman–Crippen MR) is 79.9 cm³/mol. The van der Waals surface area contributed by atoms with E-state index in [4.69, 9.17) is 16.9 Å². The monoisotopic (exact) mass is 292 g/mol. The van der Waals surface area contributed by atoms with Crippen LogP contribution in [0.15, 0.2) is 12.1 Å². The molecule has 0 saturated carbocycles. The Balaban J connectivity index is 2.33. The molecule has 0 fully saturated rings. The maximum Gasteiger partial charge on any atom is 0.246 e. The fraction of sp³-hybridized carbons (Fsp3) is 0.429. The number of carbonyl (C=O) groups excluding carboxylic acids is 1. The number of amides is 1. The Morgan fingerprint density at radius 1 is 1.60 bits per heavy atom. The Morgan fingerprint density at radius 2 is 2.30 bits per heavy atom. The molecule has 20 heavy (non-hydrogen) atoms. The van der Waals surface area contributed by atoms with Gasteiger partial charge < -0.3 is 15.5 Å². The first-order valence-corrected chi connectivity index (χ1v) is 6.78. The third-order valence-corrected chi connectivity index (χ3v) is 3.72. The number of halogens is 1. The Hall–Kier alpha value is -1.77. The summed E-state index contributed by atoms with van der Waals surface area (Å²) in [6.45, 7) is 2.44. The topological polar surface area (TPSA) is 68.2 Å². The van der Waals surface area contributed by atoms with E-state index >= 15 is 0 Å². The molecule has 0 bridgehead atoms. The largest absolute Gasteiger partial charge is 0.372 e. The number of fused-ring (bicyclic) bond motifs is 1. The minimum Gasteiger partial charge on any atom is -0.372 e. The molecule has 0 aliphatic carbocycles. The molecule has 0 saturated heterocycles. The van der Waals surface area contributed by atoms with E-state index in [0.717, 1.165) is 16.9 Å². The van der Waals surface area contributed by atoms with Crippen molar-refractivity contribution in [3.63, 3.8) is 0 Å². The number of nitrogens with zero attached hydrogens (tertiary/aromatic N) is 2. The number of nitrogens with one attached hydrogen (secondary N) is 2. The lowest BCUT2D eigenvalue weighted by Gasteiger charge is -2.22. The second kappa shape index (κ2) is 5.70. The SMILES string of the molecule is CNC1C(=O)Nc2cc(N(C)CC(C)C#N)c(Cl)cc21. The summed E-state index contributed by atoms with van der Waals surface area (Å²) in [6, 6.07) is 5.50. The van der Waals surface area contributed by atoms with Gasteiger partial charge in [0.15, 0.2) is 0 Å². The van der Waals surface area contributed by atoms with Crippen LogP contribution in [-0.4, -0.2) is 26.5 Å². The van der Waals surface area contributed by atoms with Gasteiger partial charge in [0.1, 0.15) is 6.04 Å². The summed E-state index contributed by atoms with van der Waals surface area (Å²) >= 11 is 6.31. The van der Waals surface area contributed by atoms with Crippen LogP contribution >= 0.6 is 11.6 Å². The van der Waals surface area contributed by atoms with E-state index in [2.05, 4.69) is 16.7 Å². The maximum atomic E-state index is 11.8. The highest BCUT2D eigenvalue weighted by molar-refractivity contribution is 6.33. The van der Waals surface area contributed by atoms with Crippen molar-refractivity contribution in [1.29, 1.82) is 5.26 Å². The molecule has 2 rings (SSSR count). The predicted octanol–water partition coefficient (Wildman–Crippen LogP) is 2.15. The smallest absolute Gasteiger partial charge is 0.246 e. The summed E-state index contributed by atoms with van der Waals surface area (Å²) in [4.78, 5) is 13.7. The normalized spacial score (nSPS) is 18.1. The van der Waals surface area contributed by atoms with E-state index < -0.39 is 0 Å². The molecule has 1 aromatic carbocycles. The molecule has 2 atom stereocenters. The summed E-state index contributed by atoms with van der Waals surface area (Å²) < 4.78 is 0. The maximum absolute atomic E-state index is 11.8. The number of nitriles is 1. The minimum absolute atomic E-state index is 0.0798. The lowest BCUT2D eigenvalue weighted by Crippen LogP contribution is -2.24. The van der Waals surface area contributed by atoms with Crippen molar-refractivity contribution in [3.8, 4) is 6.07 Å². The molecule has 1 heterocycles. The van der Waals surface area contributed by atoms with Crippen LogP contribution in [-0.2, 0) is 4.79 Å². The first-order chi connectivity index (χ1) is 9.47. The minimum atomic E-state index is -0.361. The van der Waals surface area contributed by atoms with Gasteiger partial charge >= 0.3 is 0 Å². The van der Waals surface area contributed by atoms with E-state index in [9.17, 15) is 4.79 Å². The number of likely N-dealkylation sites (N-methyl/N-ethyl adjacent to an activating group) is 1. The number of benzene rings is 1. The summed E-state index contributed by atoms with van der Waals surface area (Å²) in [5.41, 5.74) is 2.43. The van der Waals surface area contributed by atoms with Crippen molar-refractivity contribution in [2.45, 2.75) is 13.0 Å². The summed E-state index contributed by atoms with van der Waals surface area (Å²) in [5, 5.41) is 15.3. The third kappa shape index (κ3) is 2.58. The van der Waals surface area contributed by atoms with Gasteiger partial charge in [-0.2, -0.15) is 5.26 Å². The Labute approximate surface area is 123 Å². The zero-order valence-corrected chi connectivity index (χ0v) is 12.5.